The van der Waals surface area contributed by atoms with E-state index in [2.05, 4.69) is 32.2 Å². The topological polar surface area (TPSA) is 138 Å². The highest BCUT2D eigenvalue weighted by Gasteiger charge is 2.59. The van der Waals surface area contributed by atoms with Gasteiger partial charge in [-0.25, -0.2) is 4.79 Å². The number of hydrogen-bond donors (Lipinski definition) is 5. The third kappa shape index (κ3) is 9.21. The van der Waals surface area contributed by atoms with Crippen LogP contribution in [0.2, 0.25) is 0 Å². The summed E-state index contributed by atoms with van der Waals surface area (Å²) < 4.78 is 15.5. The van der Waals surface area contributed by atoms with E-state index in [1.807, 2.05) is 0 Å². The van der Waals surface area contributed by atoms with Gasteiger partial charge in [0.2, 0.25) is 3.79 Å². The second kappa shape index (κ2) is 17.0. The average Bonchev–Trinajstić information content (AvgIpc) is 3.42. The number of carbonyl (C=O) groups is 1. The van der Waals surface area contributed by atoms with Crippen LogP contribution in [0.3, 0.4) is 0 Å². The van der Waals surface area contributed by atoms with Crippen molar-refractivity contribution in [3.63, 3.8) is 0 Å². The van der Waals surface area contributed by atoms with Crippen LogP contribution in [0.25, 0.3) is 0 Å². The fourth-order valence-electron chi connectivity index (χ4n) is 10.3. The van der Waals surface area contributed by atoms with E-state index in [9.17, 15) is 25.2 Å². The number of amides is 1. The molecule has 5 rings (SSSR count). The molecule has 4 aliphatic carbocycles. The van der Waals surface area contributed by atoms with Crippen molar-refractivity contribution in [2.45, 2.75) is 144 Å². The molecule has 13 atom stereocenters. The first kappa shape index (κ1) is 40.2. The number of ether oxygens (including phenoxy) is 3. The van der Waals surface area contributed by atoms with E-state index in [0.717, 1.165) is 63.7 Å². The van der Waals surface area contributed by atoms with Gasteiger partial charge in [-0.2, -0.15) is 0 Å². The van der Waals surface area contributed by atoms with Gasteiger partial charge in [-0.15, -0.1) is 11.8 Å². The molecular formula is C36H58Cl3NO8S. The van der Waals surface area contributed by atoms with Crippen LogP contribution in [0.15, 0.2) is 11.6 Å². The zero-order valence-corrected chi connectivity index (χ0v) is 32.3. The molecular weight excluding hydrogens is 713 g/mol. The van der Waals surface area contributed by atoms with Gasteiger partial charge >= 0.3 is 6.09 Å². The molecule has 0 spiro atoms. The van der Waals surface area contributed by atoms with Gasteiger partial charge in [-0.1, -0.05) is 73.1 Å². The largest absolute Gasteiger partial charge is 0.445 e. The van der Waals surface area contributed by atoms with Crippen molar-refractivity contribution in [2.75, 3.05) is 25.6 Å². The first-order valence-electron chi connectivity index (χ1n) is 18.4. The number of aliphatic hydroxyl groups excluding tert-OH is 4. The van der Waals surface area contributed by atoms with Crippen LogP contribution in [0.5, 0.6) is 0 Å². The quantitative estimate of drug-likeness (QED) is 0.0805. The standard InChI is InChI=1S/C36H58Cl3NO8S/c1-21(40-33(45)47-20-36(37,38)39)25-10-11-26-24-9-8-22-18-23(12-14-34(22,2)27(24)13-15-35(25,26)3)46-16-6-4-5-7-17-49-32-31(44)30(43)29(42)28(19-41)48-32/h8,21,23-32,41-44H,4-7,9-20H2,1-3H3,(H,40,45)/t21-,23+,24?,25-,26?,27?,28-,29-,30+,31+,32+,34+,35-/m1/s1. The van der Waals surface area contributed by atoms with E-state index in [1.54, 1.807) is 5.57 Å². The van der Waals surface area contributed by atoms with E-state index in [0.29, 0.717) is 23.7 Å². The second-order valence-electron chi connectivity index (χ2n) is 15.8. The summed E-state index contributed by atoms with van der Waals surface area (Å²) in [6.07, 6.45) is 10.9. The number of nitrogens with one attached hydrogen (secondary N) is 1. The van der Waals surface area contributed by atoms with Crippen molar-refractivity contribution in [1.29, 1.82) is 0 Å². The Labute approximate surface area is 311 Å². The monoisotopic (exact) mass is 769 g/mol. The van der Waals surface area contributed by atoms with Crippen molar-refractivity contribution < 1.29 is 39.4 Å². The molecule has 49 heavy (non-hydrogen) atoms. The molecule has 5 N–H and O–H groups in total. The maximum absolute atomic E-state index is 12.4. The lowest BCUT2D eigenvalue weighted by molar-refractivity contribution is -0.205. The van der Waals surface area contributed by atoms with E-state index >= 15 is 0 Å². The Hall–Kier alpha value is -0.0100. The molecule has 5 aliphatic rings. The zero-order chi connectivity index (χ0) is 35.6. The summed E-state index contributed by atoms with van der Waals surface area (Å²) in [6, 6.07) is -0.0114. The molecule has 3 saturated carbocycles. The van der Waals surface area contributed by atoms with Crippen LogP contribution in [-0.2, 0) is 14.2 Å². The highest BCUT2D eigenvalue weighted by atomic mass is 35.6. The summed E-state index contributed by atoms with van der Waals surface area (Å²) in [7, 11) is 0. The minimum atomic E-state index is -1.62. The molecule has 1 aliphatic heterocycles. The van der Waals surface area contributed by atoms with Crippen LogP contribution in [0.4, 0.5) is 4.79 Å². The number of hydrogen-bond acceptors (Lipinski definition) is 9. The third-order valence-electron chi connectivity index (χ3n) is 13.0. The van der Waals surface area contributed by atoms with Gasteiger partial charge < -0.3 is 40.0 Å². The minimum Gasteiger partial charge on any atom is -0.445 e. The molecule has 0 bridgehead atoms. The van der Waals surface area contributed by atoms with Crippen molar-refractivity contribution in [2.24, 2.45) is 34.5 Å². The molecule has 1 heterocycles. The van der Waals surface area contributed by atoms with Gasteiger partial charge in [0.25, 0.3) is 0 Å². The molecule has 1 amide bonds. The van der Waals surface area contributed by atoms with E-state index < -0.39 is 46.3 Å². The fourth-order valence-corrected chi connectivity index (χ4v) is 11.7. The number of unbranched alkanes of at least 4 members (excludes halogenated alkanes) is 3. The molecule has 1 saturated heterocycles. The third-order valence-corrected chi connectivity index (χ3v) is 14.5. The van der Waals surface area contributed by atoms with E-state index in [4.69, 9.17) is 49.0 Å². The SMILES string of the molecule is C[C@@H](NC(=O)OCC(Cl)(Cl)Cl)[C@H]1CCC2C3CC=C4C[C@@H](OCCCCCCS[C@@H]5O[C@H](CO)[C@@H](O)[C@H](O)[C@@H]5O)CC[C@]4(C)C3CC[C@@]21C. The van der Waals surface area contributed by atoms with Crippen molar-refractivity contribution in [3.05, 3.63) is 11.6 Å². The smallest absolute Gasteiger partial charge is 0.407 e. The molecule has 0 aromatic rings. The predicted octanol–water partition coefficient (Wildman–Crippen LogP) is 6.53. The van der Waals surface area contributed by atoms with Gasteiger partial charge in [0.05, 0.1) is 12.7 Å². The van der Waals surface area contributed by atoms with Crippen molar-refractivity contribution in [3.8, 4) is 0 Å². The molecule has 13 heteroatoms. The summed E-state index contributed by atoms with van der Waals surface area (Å²) in [6.45, 7) is 7.17. The Balaban J connectivity index is 1.03. The van der Waals surface area contributed by atoms with E-state index in [1.165, 1.54) is 37.4 Å². The number of allylic oxidation sites excluding steroid dienone is 1. The maximum Gasteiger partial charge on any atom is 0.407 e. The van der Waals surface area contributed by atoms with Gasteiger partial charge in [0.15, 0.2) is 0 Å². The molecule has 0 radical (unpaired) electrons. The lowest BCUT2D eigenvalue weighted by Crippen LogP contribution is -2.57. The van der Waals surface area contributed by atoms with Gasteiger partial charge in [-0.05, 0) is 111 Å². The fraction of sp³-hybridized carbons (Fsp3) is 0.917. The Morgan fingerprint density at radius 1 is 1.04 bits per heavy atom. The van der Waals surface area contributed by atoms with Gasteiger partial charge in [0.1, 0.15) is 36.5 Å². The Kier molecular flexibility index (Phi) is 13.9. The highest BCUT2D eigenvalue weighted by Crippen LogP contribution is 2.66. The average molecular weight is 771 g/mol. The number of fused-ring (bicyclic) bond motifs is 5. The van der Waals surface area contributed by atoms with Gasteiger partial charge in [-0.3, -0.25) is 0 Å². The summed E-state index contributed by atoms with van der Waals surface area (Å²) in [5.74, 6) is 3.19. The lowest BCUT2D eigenvalue weighted by Gasteiger charge is -2.58. The molecule has 0 aromatic carbocycles. The van der Waals surface area contributed by atoms with Crippen LogP contribution in [0.1, 0.15) is 97.8 Å². The molecule has 0 aromatic heterocycles. The number of alkyl halides is 3. The Bertz CT molecular complexity index is 1140. The Morgan fingerprint density at radius 3 is 2.53 bits per heavy atom. The normalized spacial score (nSPS) is 41.2. The molecule has 4 fully saturated rings. The maximum atomic E-state index is 12.4. The summed E-state index contributed by atoms with van der Waals surface area (Å²) >= 11 is 18.7. The van der Waals surface area contributed by atoms with Crippen molar-refractivity contribution >= 4 is 52.7 Å². The predicted molar refractivity (Wildman–Crippen MR) is 194 cm³/mol. The molecule has 3 unspecified atom stereocenters. The second-order valence-corrected chi connectivity index (χ2v) is 19.6. The van der Waals surface area contributed by atoms with Crippen LogP contribution >= 0.6 is 46.6 Å². The highest BCUT2D eigenvalue weighted by molar-refractivity contribution is 7.99. The Morgan fingerprint density at radius 2 is 1.80 bits per heavy atom. The summed E-state index contributed by atoms with van der Waals surface area (Å²) in [5, 5.41) is 42.5. The van der Waals surface area contributed by atoms with Crippen molar-refractivity contribution in [1.82, 2.24) is 5.32 Å². The number of halogens is 3. The zero-order valence-electron chi connectivity index (χ0n) is 29.2. The van der Waals surface area contributed by atoms with E-state index in [-0.39, 0.29) is 29.6 Å². The van der Waals surface area contributed by atoms with Crippen LogP contribution < -0.4 is 5.32 Å². The first-order valence-corrected chi connectivity index (χ1v) is 20.6. The minimum absolute atomic E-state index is 0.0114. The van der Waals surface area contributed by atoms with Crippen LogP contribution in [-0.4, -0.2) is 97.9 Å². The number of carbonyl (C=O) groups excluding carboxylic acids is 1. The molecule has 282 valence electrons. The number of aliphatic hydroxyl groups is 4. The lowest BCUT2D eigenvalue weighted by atomic mass is 9.47. The number of rotatable bonds is 13. The number of thioether (sulfide) groups is 1. The van der Waals surface area contributed by atoms with Gasteiger partial charge in [0, 0.05) is 12.6 Å². The number of alkyl carbamates (subject to hydrolysis) is 1. The summed E-state index contributed by atoms with van der Waals surface area (Å²) in [4.78, 5) is 12.4. The van der Waals surface area contributed by atoms with Crippen LogP contribution in [0, 0.1) is 34.5 Å². The molecule has 9 nitrogen and oxygen atoms in total. The first-order chi connectivity index (χ1) is 23.2. The summed E-state index contributed by atoms with van der Waals surface area (Å²) in [5.41, 5.74) is 1.38.